The first-order valence-electron chi connectivity index (χ1n) is 9.38. The van der Waals surface area contributed by atoms with Gasteiger partial charge in [-0.3, -0.25) is 4.90 Å². The molecule has 136 valence electrons. The highest BCUT2D eigenvalue weighted by molar-refractivity contribution is 5.83. The second-order valence-corrected chi connectivity index (χ2v) is 7.40. The third kappa shape index (κ3) is 2.74. The lowest BCUT2D eigenvalue weighted by Gasteiger charge is -2.34. The third-order valence-electron chi connectivity index (χ3n) is 5.79. The predicted octanol–water partition coefficient (Wildman–Crippen LogP) is 2.43. The average Bonchev–Trinajstić information content (AvgIpc) is 3.38. The van der Waals surface area contributed by atoms with Crippen LogP contribution in [0.5, 0.6) is 0 Å². The molecule has 2 aromatic heterocycles. The number of aromatic nitrogens is 3. The molecule has 0 saturated carbocycles. The lowest BCUT2D eigenvalue weighted by Crippen LogP contribution is -2.46. The van der Waals surface area contributed by atoms with E-state index >= 15 is 0 Å². The van der Waals surface area contributed by atoms with Gasteiger partial charge in [0.15, 0.2) is 0 Å². The fraction of sp³-hybridized carbons (Fsp3) is 0.450. The van der Waals surface area contributed by atoms with E-state index in [0.717, 1.165) is 49.4 Å². The van der Waals surface area contributed by atoms with Gasteiger partial charge in [-0.2, -0.15) is 0 Å². The van der Waals surface area contributed by atoms with Crippen LogP contribution in [0.3, 0.4) is 0 Å². The number of fused-ring (bicyclic) bond motifs is 2. The van der Waals surface area contributed by atoms with Gasteiger partial charge in [0.25, 0.3) is 0 Å². The molecule has 6 heteroatoms. The maximum atomic E-state index is 9.17. The number of nitrogens with one attached hydrogen (secondary N) is 1. The summed E-state index contributed by atoms with van der Waals surface area (Å²) in [6.07, 6.45) is 7.94. The molecule has 0 amide bonds. The van der Waals surface area contributed by atoms with E-state index in [4.69, 9.17) is 4.74 Å². The van der Waals surface area contributed by atoms with Gasteiger partial charge in [0.05, 0.1) is 12.7 Å². The Morgan fingerprint density at radius 2 is 2.19 bits per heavy atom. The van der Waals surface area contributed by atoms with Gasteiger partial charge in [-0.15, -0.1) is 0 Å². The molecule has 26 heavy (non-hydrogen) atoms. The van der Waals surface area contributed by atoms with Crippen molar-refractivity contribution in [2.45, 2.75) is 31.0 Å². The first-order valence-corrected chi connectivity index (χ1v) is 9.38. The number of hydrogen-bond donors (Lipinski definition) is 2. The molecule has 0 unspecified atom stereocenters. The first kappa shape index (κ1) is 16.1. The van der Waals surface area contributed by atoms with Crippen molar-refractivity contribution in [3.8, 4) is 11.4 Å². The summed E-state index contributed by atoms with van der Waals surface area (Å²) in [5.74, 6) is 1.03. The zero-order valence-corrected chi connectivity index (χ0v) is 14.7. The van der Waals surface area contributed by atoms with Gasteiger partial charge in [-0.25, -0.2) is 4.98 Å². The maximum Gasteiger partial charge on any atom is 0.140 e. The summed E-state index contributed by atoms with van der Waals surface area (Å²) in [5, 5.41) is 10.4. The summed E-state index contributed by atoms with van der Waals surface area (Å²) in [5.41, 5.74) is 2.30. The Balaban J connectivity index is 1.39. The van der Waals surface area contributed by atoms with Gasteiger partial charge < -0.3 is 19.4 Å². The first-order chi connectivity index (χ1) is 12.8. The predicted molar refractivity (Wildman–Crippen MR) is 100.0 cm³/mol. The van der Waals surface area contributed by atoms with Crippen molar-refractivity contribution < 1.29 is 9.84 Å². The molecule has 2 aliphatic rings. The molecular formula is C20H24N4O2. The number of imidazole rings is 1. The summed E-state index contributed by atoms with van der Waals surface area (Å²) in [4.78, 5) is 10.4. The molecule has 3 aromatic rings. The Bertz CT molecular complexity index is 902. The normalized spacial score (nSPS) is 26.4. The lowest BCUT2D eigenvalue weighted by atomic mass is 10.1. The standard InChI is InChI=1S/C20H24N4O2/c25-8-4-18-12-23-11-16(10-17(23)13-26-18)24-7-6-22-20(24)15-1-2-19-14(9-15)3-5-21-19/h1-3,5-7,9,16-18,21,25H,4,8,10-13H2/t16-,17-,18-/m0/s1. The van der Waals surface area contributed by atoms with Gasteiger partial charge >= 0.3 is 0 Å². The average molecular weight is 352 g/mol. The van der Waals surface area contributed by atoms with Crippen LogP contribution in [-0.4, -0.2) is 63.0 Å². The molecule has 2 saturated heterocycles. The maximum absolute atomic E-state index is 9.17. The molecule has 2 aliphatic heterocycles. The fourth-order valence-corrected chi connectivity index (χ4v) is 4.46. The van der Waals surface area contributed by atoms with Crippen molar-refractivity contribution in [1.82, 2.24) is 19.4 Å². The van der Waals surface area contributed by atoms with E-state index in [1.807, 2.05) is 12.4 Å². The van der Waals surface area contributed by atoms with Gasteiger partial charge in [0, 0.05) is 66.8 Å². The van der Waals surface area contributed by atoms with E-state index < -0.39 is 0 Å². The molecule has 2 N–H and O–H groups in total. The van der Waals surface area contributed by atoms with Gasteiger partial charge in [-0.1, -0.05) is 0 Å². The number of hydrogen-bond acceptors (Lipinski definition) is 4. The van der Waals surface area contributed by atoms with Crippen LogP contribution in [0, 0.1) is 0 Å². The van der Waals surface area contributed by atoms with Crippen molar-refractivity contribution in [2.24, 2.45) is 0 Å². The Kier molecular flexibility index (Phi) is 4.04. The van der Waals surface area contributed by atoms with Crippen LogP contribution in [0.15, 0.2) is 42.9 Å². The highest BCUT2D eigenvalue weighted by atomic mass is 16.5. The Labute approximate surface area is 152 Å². The Morgan fingerprint density at radius 1 is 1.23 bits per heavy atom. The summed E-state index contributed by atoms with van der Waals surface area (Å²) in [6, 6.07) is 9.44. The summed E-state index contributed by atoms with van der Waals surface area (Å²) >= 11 is 0. The number of morpholine rings is 1. The lowest BCUT2D eigenvalue weighted by molar-refractivity contribution is -0.0567. The van der Waals surface area contributed by atoms with Crippen molar-refractivity contribution >= 4 is 10.9 Å². The molecule has 3 atom stereocenters. The fourth-order valence-electron chi connectivity index (χ4n) is 4.46. The van der Waals surface area contributed by atoms with E-state index in [1.54, 1.807) is 0 Å². The number of aromatic amines is 1. The molecule has 0 spiro atoms. The van der Waals surface area contributed by atoms with Crippen LogP contribution in [0.2, 0.25) is 0 Å². The topological polar surface area (TPSA) is 66.3 Å². The number of aliphatic hydroxyl groups excluding tert-OH is 1. The molecule has 5 rings (SSSR count). The molecule has 6 nitrogen and oxygen atoms in total. The summed E-state index contributed by atoms with van der Waals surface area (Å²) in [6.45, 7) is 2.90. The van der Waals surface area contributed by atoms with Crippen LogP contribution < -0.4 is 0 Å². The Morgan fingerprint density at radius 3 is 3.12 bits per heavy atom. The highest BCUT2D eigenvalue weighted by Crippen LogP contribution is 2.34. The monoisotopic (exact) mass is 352 g/mol. The van der Waals surface area contributed by atoms with Gasteiger partial charge in [0.1, 0.15) is 5.82 Å². The molecule has 2 fully saturated rings. The van der Waals surface area contributed by atoms with Crippen molar-refractivity contribution in [1.29, 1.82) is 0 Å². The van der Waals surface area contributed by atoms with Crippen LogP contribution in [0.25, 0.3) is 22.3 Å². The molecule has 1 aromatic carbocycles. The number of H-pyrrole nitrogens is 1. The number of aliphatic hydroxyl groups is 1. The number of rotatable bonds is 4. The minimum Gasteiger partial charge on any atom is -0.396 e. The van der Waals surface area contributed by atoms with Crippen molar-refractivity contribution in [3.05, 3.63) is 42.9 Å². The van der Waals surface area contributed by atoms with Crippen LogP contribution >= 0.6 is 0 Å². The van der Waals surface area contributed by atoms with E-state index in [0.29, 0.717) is 12.1 Å². The van der Waals surface area contributed by atoms with Gasteiger partial charge in [-0.05, 0) is 37.1 Å². The number of benzene rings is 1. The minimum absolute atomic E-state index is 0.160. The zero-order chi connectivity index (χ0) is 17.5. The van der Waals surface area contributed by atoms with E-state index in [-0.39, 0.29) is 12.7 Å². The van der Waals surface area contributed by atoms with Crippen molar-refractivity contribution in [2.75, 3.05) is 26.3 Å². The highest BCUT2D eigenvalue weighted by Gasteiger charge is 2.38. The van der Waals surface area contributed by atoms with E-state index in [9.17, 15) is 5.11 Å². The molecule has 0 aliphatic carbocycles. The minimum atomic E-state index is 0.160. The molecular weight excluding hydrogens is 328 g/mol. The second-order valence-electron chi connectivity index (χ2n) is 7.40. The Hall–Kier alpha value is -2.15. The van der Waals surface area contributed by atoms with E-state index in [2.05, 4.69) is 49.9 Å². The van der Waals surface area contributed by atoms with Crippen LogP contribution in [0.4, 0.5) is 0 Å². The quantitative estimate of drug-likeness (QED) is 0.757. The third-order valence-corrected chi connectivity index (χ3v) is 5.79. The van der Waals surface area contributed by atoms with Gasteiger partial charge in [0.2, 0.25) is 0 Å². The largest absolute Gasteiger partial charge is 0.396 e. The summed E-state index contributed by atoms with van der Waals surface area (Å²) < 4.78 is 8.25. The second kappa shape index (κ2) is 6.54. The smallest absolute Gasteiger partial charge is 0.140 e. The van der Waals surface area contributed by atoms with E-state index in [1.165, 1.54) is 5.39 Å². The molecule has 0 radical (unpaired) electrons. The summed E-state index contributed by atoms with van der Waals surface area (Å²) in [7, 11) is 0. The van der Waals surface area contributed by atoms with Crippen LogP contribution in [-0.2, 0) is 4.74 Å². The van der Waals surface area contributed by atoms with Crippen molar-refractivity contribution in [3.63, 3.8) is 0 Å². The number of ether oxygens (including phenoxy) is 1. The zero-order valence-electron chi connectivity index (χ0n) is 14.7. The van der Waals surface area contributed by atoms with Crippen LogP contribution in [0.1, 0.15) is 18.9 Å². The molecule has 4 heterocycles. The molecule has 0 bridgehead atoms. The SMILES string of the molecule is OCC[C@H]1CN2C[C@@H](n3ccnc3-c3ccc4[nH]ccc4c3)C[C@H]2CO1. The number of nitrogens with zero attached hydrogens (tertiary/aromatic N) is 3.